The molecule has 1 saturated heterocycles. The quantitative estimate of drug-likeness (QED) is 0.832. The van der Waals surface area contributed by atoms with Crippen LogP contribution in [0.1, 0.15) is 21.5 Å². The lowest BCUT2D eigenvalue weighted by Crippen LogP contribution is -2.50. The summed E-state index contributed by atoms with van der Waals surface area (Å²) >= 11 is 0. The second-order valence-corrected chi connectivity index (χ2v) is 6.85. The van der Waals surface area contributed by atoms with E-state index >= 15 is 0 Å². The number of carbonyl (C=O) groups excluding carboxylic acids is 2. The highest BCUT2D eigenvalue weighted by Crippen LogP contribution is 2.34. The van der Waals surface area contributed by atoms with Crippen molar-refractivity contribution in [2.75, 3.05) is 38.0 Å². The molecular weight excluding hydrogens is 397 g/mol. The van der Waals surface area contributed by atoms with E-state index in [0.29, 0.717) is 37.3 Å². The van der Waals surface area contributed by atoms with Crippen LogP contribution >= 0.6 is 0 Å². The van der Waals surface area contributed by atoms with Gasteiger partial charge >= 0.3 is 6.18 Å². The van der Waals surface area contributed by atoms with Crippen LogP contribution in [0, 0.1) is 11.3 Å². The van der Waals surface area contributed by atoms with Crippen molar-refractivity contribution in [1.29, 1.82) is 5.26 Å². The van der Waals surface area contributed by atoms with Gasteiger partial charge in [0.25, 0.3) is 5.91 Å². The van der Waals surface area contributed by atoms with Crippen molar-refractivity contribution in [1.82, 2.24) is 9.80 Å². The Bertz CT molecular complexity index is 977. The van der Waals surface area contributed by atoms with Gasteiger partial charge in [-0.3, -0.25) is 14.5 Å². The van der Waals surface area contributed by atoms with Crippen molar-refractivity contribution >= 4 is 17.5 Å². The van der Waals surface area contributed by atoms with E-state index in [0.717, 1.165) is 6.07 Å². The van der Waals surface area contributed by atoms with Gasteiger partial charge in [0, 0.05) is 31.7 Å². The van der Waals surface area contributed by atoms with Gasteiger partial charge in [-0.25, -0.2) is 0 Å². The van der Waals surface area contributed by atoms with Gasteiger partial charge in [-0.1, -0.05) is 18.2 Å². The number of anilines is 1. The van der Waals surface area contributed by atoms with Gasteiger partial charge in [0.1, 0.15) is 0 Å². The molecule has 0 saturated carbocycles. The Kier molecular flexibility index (Phi) is 6.37. The molecule has 0 aliphatic carbocycles. The number of alkyl halides is 3. The van der Waals surface area contributed by atoms with Gasteiger partial charge in [0.05, 0.1) is 29.4 Å². The second-order valence-electron chi connectivity index (χ2n) is 6.85. The summed E-state index contributed by atoms with van der Waals surface area (Å²) in [5.74, 6) is -0.747. The Morgan fingerprint density at radius 1 is 1.03 bits per heavy atom. The Morgan fingerprint density at radius 3 is 2.40 bits per heavy atom. The predicted octanol–water partition coefficient (Wildman–Crippen LogP) is 2.97. The van der Waals surface area contributed by atoms with Crippen molar-refractivity contribution in [3.63, 3.8) is 0 Å². The number of hydrogen-bond donors (Lipinski definition) is 1. The summed E-state index contributed by atoms with van der Waals surface area (Å²) in [4.78, 5) is 28.2. The highest BCUT2D eigenvalue weighted by molar-refractivity contribution is 5.95. The first kappa shape index (κ1) is 21.3. The minimum absolute atomic E-state index is 0.0713. The highest BCUT2D eigenvalue weighted by Gasteiger charge is 2.33. The van der Waals surface area contributed by atoms with Gasteiger partial charge in [0.15, 0.2) is 0 Å². The van der Waals surface area contributed by atoms with E-state index in [4.69, 9.17) is 5.26 Å². The fourth-order valence-corrected chi connectivity index (χ4v) is 3.25. The summed E-state index contributed by atoms with van der Waals surface area (Å²) < 4.78 is 39.1. The van der Waals surface area contributed by atoms with Gasteiger partial charge in [0.2, 0.25) is 5.91 Å². The third kappa shape index (κ3) is 5.15. The number of para-hydroxylation sites is 1. The topological polar surface area (TPSA) is 76.4 Å². The molecule has 0 bridgehead atoms. The van der Waals surface area contributed by atoms with Crippen molar-refractivity contribution in [2.45, 2.75) is 6.18 Å². The lowest BCUT2D eigenvalue weighted by molar-refractivity contribution is -0.137. The molecule has 156 valence electrons. The number of nitrogens with one attached hydrogen (secondary N) is 1. The Labute approximate surface area is 171 Å². The summed E-state index contributed by atoms with van der Waals surface area (Å²) in [5, 5.41) is 11.3. The first-order valence-corrected chi connectivity index (χ1v) is 9.26. The van der Waals surface area contributed by atoms with E-state index in [2.05, 4.69) is 5.32 Å². The maximum absolute atomic E-state index is 13.0. The van der Waals surface area contributed by atoms with Gasteiger partial charge in [-0.2, -0.15) is 18.4 Å². The van der Waals surface area contributed by atoms with Crippen LogP contribution in [0.25, 0.3) is 0 Å². The maximum atomic E-state index is 13.0. The number of piperazine rings is 1. The molecule has 1 aliphatic heterocycles. The van der Waals surface area contributed by atoms with E-state index in [9.17, 15) is 22.8 Å². The van der Waals surface area contributed by atoms with Crippen molar-refractivity contribution in [3.8, 4) is 6.07 Å². The number of benzene rings is 2. The summed E-state index contributed by atoms with van der Waals surface area (Å²) in [6.45, 7) is 1.51. The van der Waals surface area contributed by atoms with Crippen LogP contribution in [0.5, 0.6) is 0 Å². The minimum Gasteiger partial charge on any atom is -0.336 e. The molecule has 2 amide bonds. The lowest BCUT2D eigenvalue weighted by Gasteiger charge is -2.34. The number of nitrogens with zero attached hydrogens (tertiary/aromatic N) is 3. The molecule has 0 radical (unpaired) electrons. The third-order valence-corrected chi connectivity index (χ3v) is 4.77. The largest absolute Gasteiger partial charge is 0.418 e. The number of nitriles is 1. The fourth-order valence-electron chi connectivity index (χ4n) is 3.25. The Morgan fingerprint density at radius 2 is 1.73 bits per heavy atom. The zero-order valence-electron chi connectivity index (χ0n) is 15.9. The van der Waals surface area contributed by atoms with Gasteiger partial charge in [-0.15, -0.1) is 0 Å². The van der Waals surface area contributed by atoms with Crippen LogP contribution in [0.3, 0.4) is 0 Å². The smallest absolute Gasteiger partial charge is 0.336 e. The molecule has 0 spiro atoms. The van der Waals surface area contributed by atoms with Crippen LogP contribution in [-0.2, 0) is 11.0 Å². The number of amides is 2. The van der Waals surface area contributed by atoms with Crippen LogP contribution in [0.4, 0.5) is 18.9 Å². The van der Waals surface area contributed by atoms with Crippen molar-refractivity contribution in [3.05, 3.63) is 65.2 Å². The number of halogens is 3. The molecule has 30 heavy (non-hydrogen) atoms. The van der Waals surface area contributed by atoms with Crippen LogP contribution in [0.2, 0.25) is 0 Å². The molecule has 0 unspecified atom stereocenters. The summed E-state index contributed by atoms with van der Waals surface area (Å²) in [7, 11) is 0. The monoisotopic (exact) mass is 416 g/mol. The molecule has 1 aliphatic rings. The van der Waals surface area contributed by atoms with Crippen LogP contribution in [0.15, 0.2) is 48.5 Å². The molecule has 1 fully saturated rings. The molecule has 0 atom stereocenters. The predicted molar refractivity (Wildman–Crippen MR) is 104 cm³/mol. The first-order chi connectivity index (χ1) is 14.3. The average molecular weight is 416 g/mol. The van der Waals surface area contributed by atoms with Crippen LogP contribution < -0.4 is 5.32 Å². The molecular formula is C21H19F3N4O2. The maximum Gasteiger partial charge on any atom is 0.418 e. The molecule has 6 nitrogen and oxygen atoms in total. The normalized spacial score (nSPS) is 14.8. The van der Waals surface area contributed by atoms with Crippen molar-refractivity contribution in [2.24, 2.45) is 0 Å². The molecule has 2 aromatic carbocycles. The van der Waals surface area contributed by atoms with E-state index in [-0.39, 0.29) is 18.1 Å². The zero-order valence-corrected chi connectivity index (χ0v) is 15.9. The third-order valence-electron chi connectivity index (χ3n) is 4.77. The summed E-state index contributed by atoms with van der Waals surface area (Å²) in [6.07, 6.45) is -4.56. The van der Waals surface area contributed by atoms with E-state index in [1.807, 2.05) is 6.07 Å². The fraction of sp³-hybridized carbons (Fsp3) is 0.286. The molecule has 3 rings (SSSR count). The average Bonchev–Trinajstić information content (AvgIpc) is 2.73. The zero-order chi connectivity index (χ0) is 21.7. The minimum atomic E-state index is -4.56. The highest BCUT2D eigenvalue weighted by atomic mass is 19.4. The molecule has 2 aromatic rings. The summed E-state index contributed by atoms with van der Waals surface area (Å²) in [6, 6.07) is 13.2. The van der Waals surface area contributed by atoms with Crippen LogP contribution in [-0.4, -0.2) is 54.3 Å². The second kappa shape index (κ2) is 8.97. The molecule has 1 heterocycles. The Hall–Kier alpha value is -3.38. The SMILES string of the molecule is N#Cc1cccc(C(=O)N2CCN(CC(=O)Nc3ccccc3C(F)(F)F)CC2)c1. The molecule has 9 heteroatoms. The first-order valence-electron chi connectivity index (χ1n) is 9.26. The van der Waals surface area contributed by atoms with Gasteiger partial charge < -0.3 is 10.2 Å². The van der Waals surface area contributed by atoms with E-state index < -0.39 is 17.6 Å². The standard InChI is InChI=1S/C21H19F3N4O2/c22-21(23,24)17-6-1-2-7-18(17)26-19(29)14-27-8-10-28(11-9-27)20(30)16-5-3-4-15(12-16)13-25/h1-7,12H,8-11,14H2,(H,26,29). The number of carbonyl (C=O) groups is 2. The molecule has 1 N–H and O–H groups in total. The molecule has 0 aromatic heterocycles. The number of hydrogen-bond acceptors (Lipinski definition) is 4. The van der Waals surface area contributed by atoms with E-state index in [1.54, 1.807) is 28.0 Å². The lowest BCUT2D eigenvalue weighted by atomic mass is 10.1. The van der Waals surface area contributed by atoms with E-state index in [1.165, 1.54) is 24.3 Å². The number of rotatable bonds is 4. The van der Waals surface area contributed by atoms with Crippen molar-refractivity contribution < 1.29 is 22.8 Å². The Balaban J connectivity index is 1.54. The van der Waals surface area contributed by atoms with Gasteiger partial charge in [-0.05, 0) is 30.3 Å². The summed E-state index contributed by atoms with van der Waals surface area (Å²) in [5.41, 5.74) is -0.353.